The number of pyridine rings is 1. The Morgan fingerprint density at radius 1 is 1.12 bits per heavy atom. The SMILES string of the molecule is O=C(NO)c1cnc(N2CC3[C@H]2CN3c2cncc(C(F)(F)F)c2)nc1. The molecule has 0 saturated carbocycles. The van der Waals surface area contributed by atoms with Crippen molar-refractivity contribution in [3.8, 4) is 0 Å². The molecule has 0 bridgehead atoms. The molecular weight excluding hydrogens is 353 g/mol. The van der Waals surface area contributed by atoms with Crippen molar-refractivity contribution in [2.75, 3.05) is 22.9 Å². The van der Waals surface area contributed by atoms with Gasteiger partial charge in [-0.3, -0.25) is 15.0 Å². The van der Waals surface area contributed by atoms with Gasteiger partial charge in [0.2, 0.25) is 5.95 Å². The largest absolute Gasteiger partial charge is 0.417 e. The fourth-order valence-corrected chi connectivity index (χ4v) is 3.17. The van der Waals surface area contributed by atoms with Crippen molar-refractivity contribution in [1.29, 1.82) is 0 Å². The second kappa shape index (κ2) is 5.80. The van der Waals surface area contributed by atoms with E-state index < -0.39 is 17.6 Å². The van der Waals surface area contributed by atoms with Gasteiger partial charge in [0, 0.05) is 31.7 Å². The number of aromatic nitrogens is 3. The topological polar surface area (TPSA) is 94.5 Å². The lowest BCUT2D eigenvalue weighted by molar-refractivity contribution is -0.137. The van der Waals surface area contributed by atoms with Crippen LogP contribution >= 0.6 is 0 Å². The molecule has 2 aromatic heterocycles. The van der Waals surface area contributed by atoms with Crippen LogP contribution in [0, 0.1) is 0 Å². The third kappa shape index (κ3) is 2.60. The van der Waals surface area contributed by atoms with Gasteiger partial charge < -0.3 is 9.80 Å². The number of piperazine rings is 1. The van der Waals surface area contributed by atoms with Gasteiger partial charge in [-0.15, -0.1) is 0 Å². The van der Waals surface area contributed by atoms with Crippen molar-refractivity contribution in [3.05, 3.63) is 42.0 Å². The number of carbonyl (C=O) groups excluding carboxylic acids is 1. The maximum Gasteiger partial charge on any atom is 0.417 e. The number of alkyl halides is 3. The molecule has 1 amide bonds. The Morgan fingerprint density at radius 3 is 2.35 bits per heavy atom. The summed E-state index contributed by atoms with van der Waals surface area (Å²) in [6.45, 7) is 1.10. The molecule has 2 aliphatic heterocycles. The lowest BCUT2D eigenvalue weighted by Crippen LogP contribution is -2.79. The zero-order valence-electron chi connectivity index (χ0n) is 13.2. The quantitative estimate of drug-likeness (QED) is 0.620. The third-order valence-corrected chi connectivity index (χ3v) is 4.65. The molecule has 0 spiro atoms. The summed E-state index contributed by atoms with van der Waals surface area (Å²) in [5, 5.41) is 8.57. The zero-order chi connectivity index (χ0) is 18.5. The van der Waals surface area contributed by atoms with Gasteiger partial charge in [0.15, 0.2) is 0 Å². The number of nitrogens with zero attached hydrogens (tertiary/aromatic N) is 5. The normalized spacial score (nSPS) is 21.5. The average molecular weight is 366 g/mol. The van der Waals surface area contributed by atoms with Gasteiger partial charge in [0.1, 0.15) is 0 Å². The van der Waals surface area contributed by atoms with E-state index in [1.54, 1.807) is 0 Å². The lowest BCUT2D eigenvalue weighted by atomic mass is 9.85. The number of fused-ring (bicyclic) bond motifs is 1. The number of hydroxylamine groups is 1. The fraction of sp³-hybridized carbons (Fsp3) is 0.333. The van der Waals surface area contributed by atoms with Crippen LogP contribution in [-0.4, -0.2) is 51.2 Å². The number of halogens is 3. The van der Waals surface area contributed by atoms with Crippen molar-refractivity contribution in [2.45, 2.75) is 18.3 Å². The molecule has 26 heavy (non-hydrogen) atoms. The summed E-state index contributed by atoms with van der Waals surface area (Å²) < 4.78 is 38.4. The zero-order valence-corrected chi connectivity index (χ0v) is 13.2. The molecule has 2 N–H and O–H groups in total. The number of hydrogen-bond donors (Lipinski definition) is 2. The molecule has 4 rings (SSSR count). The van der Waals surface area contributed by atoms with Crippen LogP contribution in [0.3, 0.4) is 0 Å². The van der Waals surface area contributed by atoms with E-state index in [0.717, 1.165) is 12.3 Å². The molecule has 0 radical (unpaired) electrons. The number of amides is 1. The highest BCUT2D eigenvalue weighted by Gasteiger charge is 2.53. The van der Waals surface area contributed by atoms with Crippen LogP contribution in [0.25, 0.3) is 0 Å². The van der Waals surface area contributed by atoms with E-state index in [1.807, 2.05) is 9.80 Å². The molecule has 0 aliphatic carbocycles. The number of anilines is 2. The minimum absolute atomic E-state index is 0.0734. The second-order valence-electron chi connectivity index (χ2n) is 6.08. The Hall–Kier alpha value is -2.95. The summed E-state index contributed by atoms with van der Waals surface area (Å²) in [4.78, 5) is 26.9. The monoisotopic (exact) mass is 366 g/mol. The van der Waals surface area contributed by atoms with Gasteiger partial charge >= 0.3 is 6.18 Å². The van der Waals surface area contributed by atoms with Crippen LogP contribution in [-0.2, 0) is 6.18 Å². The molecule has 2 aliphatic rings. The molecule has 136 valence electrons. The van der Waals surface area contributed by atoms with Gasteiger partial charge in [0.05, 0.1) is 35.1 Å². The predicted octanol–water partition coefficient (Wildman–Crippen LogP) is 1.09. The summed E-state index contributed by atoms with van der Waals surface area (Å²) in [5.74, 6) is -0.271. The minimum atomic E-state index is -4.42. The Balaban J connectivity index is 1.43. The first kappa shape index (κ1) is 16.5. The maximum atomic E-state index is 12.8. The third-order valence-electron chi connectivity index (χ3n) is 4.65. The molecule has 8 nitrogen and oxygen atoms in total. The summed E-state index contributed by atoms with van der Waals surface area (Å²) in [5.41, 5.74) is 1.30. The minimum Gasteiger partial charge on any atom is -0.361 e. The Kier molecular flexibility index (Phi) is 3.68. The first-order valence-electron chi connectivity index (χ1n) is 7.70. The van der Waals surface area contributed by atoms with Crippen LogP contribution in [0.4, 0.5) is 24.8 Å². The molecule has 4 heterocycles. The summed E-state index contributed by atoms with van der Waals surface area (Å²) >= 11 is 0. The first-order chi connectivity index (χ1) is 12.4. The van der Waals surface area contributed by atoms with Crippen molar-refractivity contribution >= 4 is 17.5 Å². The summed E-state index contributed by atoms with van der Waals surface area (Å²) in [6.07, 6.45) is 0.413. The van der Waals surface area contributed by atoms with Crippen LogP contribution < -0.4 is 15.3 Å². The van der Waals surface area contributed by atoms with Crippen molar-refractivity contribution in [1.82, 2.24) is 20.4 Å². The standard InChI is InChI=1S/C15H13F3N6O2/c16-15(17,18)9-1-10(5-19-4-9)23-6-12-11(23)7-24(12)14-20-2-8(3-21-14)13(25)22-26/h1-5,11-12,26H,6-7H2,(H,22,25)/t11?,12-/m1/s1. The molecule has 2 fully saturated rings. The van der Waals surface area contributed by atoms with Crippen LogP contribution in [0.5, 0.6) is 0 Å². The number of rotatable bonds is 3. The van der Waals surface area contributed by atoms with Crippen molar-refractivity contribution in [3.63, 3.8) is 0 Å². The van der Waals surface area contributed by atoms with Gasteiger partial charge in [-0.2, -0.15) is 13.2 Å². The number of hydrogen-bond acceptors (Lipinski definition) is 7. The summed E-state index contributed by atoms with van der Waals surface area (Å²) in [6, 6.07) is 1.27. The van der Waals surface area contributed by atoms with Crippen LogP contribution in [0.1, 0.15) is 15.9 Å². The molecular formula is C15H13F3N6O2. The van der Waals surface area contributed by atoms with Gasteiger partial charge in [0.25, 0.3) is 5.91 Å². The molecule has 1 unspecified atom stereocenters. The highest BCUT2D eigenvalue weighted by Crippen LogP contribution is 2.40. The molecule has 2 aromatic rings. The van der Waals surface area contributed by atoms with Crippen molar-refractivity contribution in [2.24, 2.45) is 0 Å². The van der Waals surface area contributed by atoms with Gasteiger partial charge in [-0.25, -0.2) is 15.4 Å². The van der Waals surface area contributed by atoms with E-state index in [2.05, 4.69) is 15.0 Å². The second-order valence-corrected chi connectivity index (χ2v) is 6.08. The average Bonchev–Trinajstić information content (AvgIpc) is 2.62. The maximum absolute atomic E-state index is 12.8. The number of carbonyl (C=O) groups is 1. The highest BCUT2D eigenvalue weighted by molar-refractivity contribution is 5.92. The molecule has 2 saturated heterocycles. The summed E-state index contributed by atoms with van der Waals surface area (Å²) in [7, 11) is 0. The molecule has 11 heteroatoms. The lowest BCUT2D eigenvalue weighted by Gasteiger charge is -2.62. The molecule has 0 aromatic carbocycles. The van der Waals surface area contributed by atoms with E-state index in [9.17, 15) is 18.0 Å². The van der Waals surface area contributed by atoms with Gasteiger partial charge in [-0.1, -0.05) is 0 Å². The van der Waals surface area contributed by atoms with E-state index in [0.29, 0.717) is 24.7 Å². The van der Waals surface area contributed by atoms with E-state index >= 15 is 0 Å². The smallest absolute Gasteiger partial charge is 0.361 e. The van der Waals surface area contributed by atoms with Crippen molar-refractivity contribution < 1.29 is 23.2 Å². The Labute approximate surface area is 145 Å². The predicted molar refractivity (Wildman–Crippen MR) is 82.8 cm³/mol. The van der Waals surface area contributed by atoms with E-state index in [1.165, 1.54) is 24.1 Å². The fourth-order valence-electron chi connectivity index (χ4n) is 3.17. The first-order valence-corrected chi connectivity index (χ1v) is 7.70. The van der Waals surface area contributed by atoms with E-state index in [4.69, 9.17) is 5.21 Å². The van der Waals surface area contributed by atoms with Gasteiger partial charge in [-0.05, 0) is 6.07 Å². The van der Waals surface area contributed by atoms with Crippen LogP contribution in [0.2, 0.25) is 0 Å². The molecule has 2 atom stereocenters. The number of nitrogens with one attached hydrogen (secondary N) is 1. The highest BCUT2D eigenvalue weighted by atomic mass is 19.4. The Bertz CT molecular complexity index is 844. The van der Waals surface area contributed by atoms with E-state index in [-0.39, 0.29) is 17.6 Å². The van der Waals surface area contributed by atoms with Crippen LogP contribution in [0.15, 0.2) is 30.9 Å². The Morgan fingerprint density at radius 2 is 1.77 bits per heavy atom.